The number of piperazine rings is 1. The van der Waals surface area contributed by atoms with Gasteiger partial charge in [-0.15, -0.1) is 0 Å². The van der Waals surface area contributed by atoms with Crippen LogP contribution < -0.4 is 5.32 Å². The van der Waals surface area contributed by atoms with Gasteiger partial charge in [0.25, 0.3) is 0 Å². The van der Waals surface area contributed by atoms with Gasteiger partial charge in [-0.2, -0.15) is 0 Å². The first kappa shape index (κ1) is 20.4. The molecule has 0 saturated carbocycles. The number of halogens is 2. The van der Waals surface area contributed by atoms with E-state index in [2.05, 4.69) is 53.2 Å². The van der Waals surface area contributed by atoms with Crippen LogP contribution in [0.4, 0.5) is 14.5 Å². The number of benzene rings is 2. The number of nitrogens with one attached hydrogen (secondary N) is 1. The van der Waals surface area contributed by atoms with Crippen molar-refractivity contribution in [2.75, 3.05) is 38.0 Å². The molecular formula is C22H27F2N3O. The summed E-state index contributed by atoms with van der Waals surface area (Å²) in [4.78, 5) is 16.6. The quantitative estimate of drug-likeness (QED) is 0.818. The molecule has 1 fully saturated rings. The third-order valence-corrected chi connectivity index (χ3v) is 5.09. The van der Waals surface area contributed by atoms with Crippen molar-refractivity contribution >= 4 is 11.6 Å². The van der Waals surface area contributed by atoms with Crippen molar-refractivity contribution in [1.29, 1.82) is 0 Å². The van der Waals surface area contributed by atoms with Crippen molar-refractivity contribution in [3.63, 3.8) is 0 Å². The zero-order valence-corrected chi connectivity index (χ0v) is 16.4. The van der Waals surface area contributed by atoms with E-state index >= 15 is 0 Å². The van der Waals surface area contributed by atoms with Gasteiger partial charge in [0.15, 0.2) is 0 Å². The van der Waals surface area contributed by atoms with Crippen LogP contribution in [0.15, 0.2) is 42.5 Å². The van der Waals surface area contributed by atoms with E-state index in [1.807, 2.05) is 0 Å². The lowest BCUT2D eigenvalue weighted by Gasteiger charge is -2.34. The number of hydrogen-bond acceptors (Lipinski definition) is 3. The first-order valence-electron chi connectivity index (χ1n) is 9.69. The lowest BCUT2D eigenvalue weighted by Crippen LogP contribution is -2.48. The average molecular weight is 387 g/mol. The summed E-state index contributed by atoms with van der Waals surface area (Å²) in [5.74, 6) is -1.18. The normalized spacial score (nSPS) is 15.8. The summed E-state index contributed by atoms with van der Waals surface area (Å²) in [5, 5.41) is 2.51. The zero-order chi connectivity index (χ0) is 20.1. The van der Waals surface area contributed by atoms with Gasteiger partial charge >= 0.3 is 0 Å². The summed E-state index contributed by atoms with van der Waals surface area (Å²) in [5.41, 5.74) is 2.65. The summed E-state index contributed by atoms with van der Waals surface area (Å²) in [7, 11) is 0. The molecule has 0 unspecified atom stereocenters. The van der Waals surface area contributed by atoms with Crippen LogP contribution in [-0.4, -0.2) is 48.4 Å². The van der Waals surface area contributed by atoms with Crippen molar-refractivity contribution < 1.29 is 13.6 Å². The molecule has 1 saturated heterocycles. The zero-order valence-electron chi connectivity index (χ0n) is 16.4. The van der Waals surface area contributed by atoms with E-state index in [0.29, 0.717) is 5.92 Å². The van der Waals surface area contributed by atoms with Gasteiger partial charge in [0.1, 0.15) is 11.6 Å². The topological polar surface area (TPSA) is 35.6 Å². The first-order valence-corrected chi connectivity index (χ1v) is 9.69. The number of hydrogen-bond donors (Lipinski definition) is 1. The third kappa shape index (κ3) is 5.59. The highest BCUT2D eigenvalue weighted by atomic mass is 19.1. The van der Waals surface area contributed by atoms with E-state index in [4.69, 9.17) is 0 Å². The van der Waals surface area contributed by atoms with Gasteiger partial charge in [0, 0.05) is 38.8 Å². The van der Waals surface area contributed by atoms with Gasteiger partial charge in [0.2, 0.25) is 5.91 Å². The van der Waals surface area contributed by atoms with Crippen LogP contribution in [0.2, 0.25) is 0 Å². The molecule has 2 aromatic rings. The Hall–Kier alpha value is -2.31. The van der Waals surface area contributed by atoms with Crippen molar-refractivity contribution in [2.45, 2.75) is 26.3 Å². The second-order valence-corrected chi connectivity index (χ2v) is 7.62. The van der Waals surface area contributed by atoms with Crippen LogP contribution in [0.25, 0.3) is 0 Å². The number of anilines is 1. The molecule has 0 bridgehead atoms. The van der Waals surface area contributed by atoms with E-state index < -0.39 is 11.6 Å². The fourth-order valence-electron chi connectivity index (χ4n) is 3.36. The molecule has 28 heavy (non-hydrogen) atoms. The maximum Gasteiger partial charge on any atom is 0.238 e. The minimum Gasteiger partial charge on any atom is -0.322 e. The molecule has 0 aromatic heterocycles. The number of amides is 1. The molecule has 1 aliphatic heterocycles. The SMILES string of the molecule is CC(C)c1ccc(CN2CCN(CC(=O)Nc3ccc(F)cc3F)CC2)cc1. The summed E-state index contributed by atoms with van der Waals surface area (Å²) in [6, 6.07) is 11.9. The minimum atomic E-state index is -0.762. The van der Waals surface area contributed by atoms with Crippen molar-refractivity contribution in [1.82, 2.24) is 9.80 Å². The molecular weight excluding hydrogens is 360 g/mol. The number of carbonyl (C=O) groups excluding carboxylic acids is 1. The van der Waals surface area contributed by atoms with Crippen molar-refractivity contribution in [3.05, 3.63) is 65.2 Å². The summed E-state index contributed by atoms with van der Waals surface area (Å²) < 4.78 is 26.6. The van der Waals surface area contributed by atoms with Gasteiger partial charge < -0.3 is 5.32 Å². The molecule has 0 atom stereocenters. The average Bonchev–Trinajstić information content (AvgIpc) is 2.66. The molecule has 0 aliphatic carbocycles. The van der Waals surface area contributed by atoms with Crippen LogP contribution in [0.3, 0.4) is 0 Å². The highest BCUT2D eigenvalue weighted by Crippen LogP contribution is 2.17. The smallest absolute Gasteiger partial charge is 0.238 e. The van der Waals surface area contributed by atoms with E-state index in [-0.39, 0.29) is 18.1 Å². The highest BCUT2D eigenvalue weighted by molar-refractivity contribution is 5.92. The molecule has 3 rings (SSSR count). The monoisotopic (exact) mass is 387 g/mol. The predicted octanol–water partition coefficient (Wildman–Crippen LogP) is 3.84. The molecule has 0 spiro atoms. The molecule has 1 amide bonds. The number of rotatable bonds is 6. The Labute approximate surface area is 165 Å². The molecule has 0 radical (unpaired) electrons. The van der Waals surface area contributed by atoms with E-state index in [1.165, 1.54) is 17.2 Å². The van der Waals surface area contributed by atoms with Crippen LogP contribution >= 0.6 is 0 Å². The van der Waals surface area contributed by atoms with Gasteiger partial charge in [-0.05, 0) is 29.2 Å². The second kappa shape index (κ2) is 9.26. The standard InChI is InChI=1S/C22H27F2N3O/c1-16(2)18-5-3-17(4-6-18)14-26-9-11-27(12-10-26)15-22(28)25-21-8-7-19(23)13-20(21)24/h3-8,13,16H,9-12,14-15H2,1-2H3,(H,25,28). The fourth-order valence-corrected chi connectivity index (χ4v) is 3.36. The molecule has 1 heterocycles. The summed E-state index contributed by atoms with van der Waals surface area (Å²) >= 11 is 0. The summed E-state index contributed by atoms with van der Waals surface area (Å²) in [6.07, 6.45) is 0. The minimum absolute atomic E-state index is 0.00915. The van der Waals surface area contributed by atoms with Crippen LogP contribution in [0.5, 0.6) is 0 Å². The molecule has 1 aliphatic rings. The van der Waals surface area contributed by atoms with Crippen LogP contribution in [0.1, 0.15) is 30.9 Å². The maximum absolute atomic E-state index is 13.6. The fraction of sp³-hybridized carbons (Fsp3) is 0.409. The Bertz CT molecular complexity index is 800. The molecule has 150 valence electrons. The van der Waals surface area contributed by atoms with Crippen LogP contribution in [0, 0.1) is 11.6 Å². The first-order chi connectivity index (χ1) is 13.4. The Kier molecular flexibility index (Phi) is 6.75. The number of carbonyl (C=O) groups is 1. The molecule has 6 heteroatoms. The van der Waals surface area contributed by atoms with E-state index in [1.54, 1.807) is 0 Å². The van der Waals surface area contributed by atoms with Crippen molar-refractivity contribution in [2.24, 2.45) is 0 Å². The number of nitrogens with zero attached hydrogens (tertiary/aromatic N) is 2. The van der Waals surface area contributed by atoms with E-state index in [0.717, 1.165) is 44.9 Å². The largest absolute Gasteiger partial charge is 0.322 e. The predicted molar refractivity (Wildman–Crippen MR) is 107 cm³/mol. The van der Waals surface area contributed by atoms with Gasteiger partial charge in [-0.3, -0.25) is 14.6 Å². The summed E-state index contributed by atoms with van der Waals surface area (Å²) in [6.45, 7) is 8.80. The second-order valence-electron chi connectivity index (χ2n) is 7.62. The molecule has 2 aromatic carbocycles. The van der Waals surface area contributed by atoms with Gasteiger partial charge in [-0.25, -0.2) is 8.78 Å². The van der Waals surface area contributed by atoms with Crippen LogP contribution in [-0.2, 0) is 11.3 Å². The molecule has 4 nitrogen and oxygen atoms in total. The highest BCUT2D eigenvalue weighted by Gasteiger charge is 2.19. The Morgan fingerprint density at radius 1 is 1.00 bits per heavy atom. The Balaban J connectivity index is 1.44. The Morgan fingerprint density at radius 2 is 1.64 bits per heavy atom. The third-order valence-electron chi connectivity index (χ3n) is 5.09. The molecule has 1 N–H and O–H groups in total. The lowest BCUT2D eigenvalue weighted by atomic mass is 10.0. The maximum atomic E-state index is 13.6. The van der Waals surface area contributed by atoms with Gasteiger partial charge in [-0.1, -0.05) is 38.1 Å². The van der Waals surface area contributed by atoms with Gasteiger partial charge in [0.05, 0.1) is 12.2 Å². The van der Waals surface area contributed by atoms with E-state index in [9.17, 15) is 13.6 Å². The lowest BCUT2D eigenvalue weighted by molar-refractivity contribution is -0.117. The Morgan fingerprint density at radius 3 is 2.25 bits per heavy atom. The van der Waals surface area contributed by atoms with Crippen molar-refractivity contribution in [3.8, 4) is 0 Å².